The first-order chi connectivity index (χ1) is 9.13. The van der Waals surface area contributed by atoms with E-state index in [4.69, 9.17) is 10.8 Å². The van der Waals surface area contributed by atoms with E-state index >= 15 is 0 Å². The molecular weight excluding hydrogens is 258 g/mol. The van der Waals surface area contributed by atoms with Gasteiger partial charge in [0.25, 0.3) is 0 Å². The van der Waals surface area contributed by atoms with Gasteiger partial charge in [-0.1, -0.05) is 13.8 Å². The lowest BCUT2D eigenvalue weighted by Crippen LogP contribution is -2.37. The Labute approximate surface area is 118 Å². The first-order valence-electron chi connectivity index (χ1n) is 6.42. The van der Waals surface area contributed by atoms with Crippen molar-refractivity contribution in [2.24, 2.45) is 11.1 Å². The van der Waals surface area contributed by atoms with Crippen molar-refractivity contribution >= 4 is 17.7 Å². The predicted octanol–water partition coefficient (Wildman–Crippen LogP) is 1.83. The molecule has 0 unspecified atom stereocenters. The highest BCUT2D eigenvalue weighted by Gasteiger charge is 2.25. The summed E-state index contributed by atoms with van der Waals surface area (Å²) in [5, 5.41) is 12.1. The Bertz CT molecular complexity index is 524. The van der Waals surface area contributed by atoms with Gasteiger partial charge in [0.15, 0.2) is 0 Å². The number of carbonyl (C=O) groups excluding carboxylic acids is 1. The van der Waals surface area contributed by atoms with Crippen LogP contribution in [0.15, 0.2) is 12.1 Å². The lowest BCUT2D eigenvalue weighted by molar-refractivity contribution is -0.125. The van der Waals surface area contributed by atoms with E-state index in [9.17, 15) is 9.59 Å². The molecule has 110 valence electrons. The number of aromatic carboxylic acids is 1. The van der Waals surface area contributed by atoms with Gasteiger partial charge in [-0.3, -0.25) is 4.79 Å². The Morgan fingerprint density at radius 3 is 2.45 bits per heavy atom. The summed E-state index contributed by atoms with van der Waals surface area (Å²) in [6.07, 6.45) is 0. The number of nitrogens with one attached hydrogen (secondary N) is 1. The van der Waals surface area contributed by atoms with Crippen LogP contribution in [0.3, 0.4) is 0 Å². The number of carboxylic acids is 1. The summed E-state index contributed by atoms with van der Waals surface area (Å²) >= 11 is 0. The molecule has 4 N–H and O–H groups in total. The van der Waals surface area contributed by atoms with Gasteiger partial charge in [0.1, 0.15) is 5.82 Å². The summed E-state index contributed by atoms with van der Waals surface area (Å²) in [6, 6.07) is 3.00. The van der Waals surface area contributed by atoms with E-state index in [1.54, 1.807) is 19.9 Å². The molecule has 1 aromatic rings. The molecule has 0 saturated heterocycles. The summed E-state index contributed by atoms with van der Waals surface area (Å²) in [7, 11) is 0. The lowest BCUT2D eigenvalue weighted by Gasteiger charge is -2.21. The molecule has 0 aliphatic carbocycles. The molecule has 0 aliphatic heterocycles. The summed E-state index contributed by atoms with van der Waals surface area (Å²) in [5.41, 5.74) is 5.41. The predicted molar refractivity (Wildman–Crippen MR) is 76.8 cm³/mol. The van der Waals surface area contributed by atoms with E-state index < -0.39 is 17.3 Å². The van der Waals surface area contributed by atoms with Gasteiger partial charge < -0.3 is 16.2 Å². The highest BCUT2D eigenvalue weighted by Crippen LogP contribution is 2.20. The van der Waals surface area contributed by atoms with Gasteiger partial charge in [-0.2, -0.15) is 0 Å². The van der Waals surface area contributed by atoms with Crippen molar-refractivity contribution in [3.63, 3.8) is 0 Å². The number of rotatable bonds is 6. The smallest absolute Gasteiger partial charge is 0.335 e. The van der Waals surface area contributed by atoms with Crippen LogP contribution in [-0.2, 0) is 4.79 Å². The number of nitrogens with two attached hydrogens (primary N) is 1. The van der Waals surface area contributed by atoms with E-state index in [1.165, 1.54) is 6.07 Å². The number of aromatic nitrogens is 1. The zero-order valence-corrected chi connectivity index (χ0v) is 12.2. The van der Waals surface area contributed by atoms with Crippen LogP contribution in [0.4, 0.5) is 5.82 Å². The number of anilines is 1. The van der Waals surface area contributed by atoms with Gasteiger partial charge in [-0.05, 0) is 31.9 Å². The van der Waals surface area contributed by atoms with Crippen molar-refractivity contribution in [1.82, 2.24) is 4.98 Å². The first kappa shape index (κ1) is 15.9. The number of carboxylic acid groups (broad SMARTS) is 1. The van der Waals surface area contributed by atoms with E-state index in [0.717, 1.165) is 0 Å². The molecule has 6 nitrogen and oxygen atoms in total. The molecule has 0 atom stereocenters. The normalized spacial score (nSPS) is 11.4. The Morgan fingerprint density at radius 1 is 1.40 bits per heavy atom. The Balaban J connectivity index is 3.00. The molecule has 1 heterocycles. The van der Waals surface area contributed by atoms with Gasteiger partial charge in [0, 0.05) is 12.2 Å². The van der Waals surface area contributed by atoms with E-state index in [2.05, 4.69) is 10.3 Å². The molecule has 0 aromatic carbocycles. The number of pyridine rings is 1. The van der Waals surface area contributed by atoms with E-state index in [-0.39, 0.29) is 18.0 Å². The number of hydrogen-bond acceptors (Lipinski definition) is 4. The van der Waals surface area contributed by atoms with Gasteiger partial charge in [0.05, 0.1) is 11.0 Å². The third-order valence-corrected chi connectivity index (χ3v) is 3.06. The molecule has 1 rings (SSSR count). The molecule has 0 spiro atoms. The third-order valence-electron chi connectivity index (χ3n) is 3.06. The average molecular weight is 279 g/mol. The molecule has 0 radical (unpaired) electrons. The summed E-state index contributed by atoms with van der Waals surface area (Å²) in [5.74, 6) is -0.892. The summed E-state index contributed by atoms with van der Waals surface area (Å²) in [4.78, 5) is 26.7. The Hall–Kier alpha value is -2.11. The second-order valence-electron chi connectivity index (χ2n) is 5.73. The van der Waals surface area contributed by atoms with Crippen molar-refractivity contribution in [1.29, 1.82) is 0 Å². The van der Waals surface area contributed by atoms with Gasteiger partial charge in [0.2, 0.25) is 5.91 Å². The maximum absolute atomic E-state index is 11.3. The fraction of sp³-hybridized carbons (Fsp3) is 0.500. The van der Waals surface area contributed by atoms with Crippen LogP contribution in [0.1, 0.15) is 49.7 Å². The largest absolute Gasteiger partial charge is 0.478 e. The SMILES string of the molecule is CC(C)c1cc(C(=O)O)cc(NCC(C)(C)C(N)=O)n1. The lowest BCUT2D eigenvalue weighted by atomic mass is 9.93. The topological polar surface area (TPSA) is 105 Å². The Morgan fingerprint density at radius 2 is 2.00 bits per heavy atom. The van der Waals surface area contributed by atoms with E-state index in [0.29, 0.717) is 11.5 Å². The number of carbonyl (C=O) groups is 2. The van der Waals surface area contributed by atoms with Gasteiger partial charge in [-0.25, -0.2) is 9.78 Å². The van der Waals surface area contributed by atoms with Crippen LogP contribution < -0.4 is 11.1 Å². The number of amides is 1. The maximum atomic E-state index is 11.3. The van der Waals surface area contributed by atoms with Crippen LogP contribution >= 0.6 is 0 Å². The monoisotopic (exact) mass is 279 g/mol. The molecule has 1 amide bonds. The van der Waals surface area contributed by atoms with Gasteiger partial charge >= 0.3 is 5.97 Å². The molecule has 0 saturated carbocycles. The molecule has 20 heavy (non-hydrogen) atoms. The number of primary amides is 1. The second kappa shape index (κ2) is 5.90. The van der Waals surface area contributed by atoms with Crippen LogP contribution in [0.5, 0.6) is 0 Å². The third kappa shape index (κ3) is 3.94. The van der Waals surface area contributed by atoms with Crippen molar-refractivity contribution in [2.45, 2.75) is 33.6 Å². The molecule has 1 aromatic heterocycles. The fourth-order valence-corrected chi connectivity index (χ4v) is 1.46. The standard InChI is InChI=1S/C14H21N3O3/c1-8(2)10-5-9(12(18)19)6-11(17-10)16-7-14(3,4)13(15)20/h5-6,8H,7H2,1-4H3,(H2,15,20)(H,16,17)(H,18,19). The molecular formula is C14H21N3O3. The van der Waals surface area contributed by atoms with Crippen LogP contribution in [0.25, 0.3) is 0 Å². The fourth-order valence-electron chi connectivity index (χ4n) is 1.46. The quantitative estimate of drug-likeness (QED) is 0.736. The van der Waals surface area contributed by atoms with Gasteiger partial charge in [-0.15, -0.1) is 0 Å². The minimum Gasteiger partial charge on any atom is -0.478 e. The number of nitrogens with zero attached hydrogens (tertiary/aromatic N) is 1. The Kier molecular flexibility index (Phi) is 4.70. The molecule has 0 fully saturated rings. The van der Waals surface area contributed by atoms with Crippen LogP contribution in [-0.4, -0.2) is 28.5 Å². The van der Waals surface area contributed by atoms with E-state index in [1.807, 2.05) is 13.8 Å². The zero-order chi connectivity index (χ0) is 15.5. The van der Waals surface area contributed by atoms with Crippen molar-refractivity contribution in [3.8, 4) is 0 Å². The van der Waals surface area contributed by atoms with Crippen LogP contribution in [0, 0.1) is 5.41 Å². The second-order valence-corrected chi connectivity index (χ2v) is 5.73. The molecule has 0 bridgehead atoms. The molecule has 6 heteroatoms. The van der Waals surface area contributed by atoms with Crippen molar-refractivity contribution in [2.75, 3.05) is 11.9 Å². The van der Waals surface area contributed by atoms with Crippen molar-refractivity contribution in [3.05, 3.63) is 23.4 Å². The minimum atomic E-state index is -1.01. The van der Waals surface area contributed by atoms with Crippen LogP contribution in [0.2, 0.25) is 0 Å². The highest BCUT2D eigenvalue weighted by molar-refractivity contribution is 5.88. The summed E-state index contributed by atoms with van der Waals surface area (Å²) < 4.78 is 0. The van der Waals surface area contributed by atoms with Crippen molar-refractivity contribution < 1.29 is 14.7 Å². The minimum absolute atomic E-state index is 0.110. The molecule has 0 aliphatic rings. The zero-order valence-electron chi connectivity index (χ0n) is 12.2. The number of hydrogen-bond donors (Lipinski definition) is 3. The maximum Gasteiger partial charge on any atom is 0.335 e. The average Bonchev–Trinajstić information content (AvgIpc) is 2.35. The summed E-state index contributed by atoms with van der Waals surface area (Å²) in [6.45, 7) is 7.59. The highest BCUT2D eigenvalue weighted by atomic mass is 16.4. The first-order valence-corrected chi connectivity index (χ1v) is 6.42.